The first-order chi connectivity index (χ1) is 10.2. The molecule has 21 heavy (non-hydrogen) atoms. The van der Waals surface area contributed by atoms with E-state index in [1.807, 2.05) is 24.0 Å². The predicted octanol–water partition coefficient (Wildman–Crippen LogP) is 3.02. The van der Waals surface area contributed by atoms with Gasteiger partial charge in [0.15, 0.2) is 0 Å². The van der Waals surface area contributed by atoms with Crippen molar-refractivity contribution in [2.24, 2.45) is 0 Å². The Labute approximate surface area is 124 Å². The van der Waals surface area contributed by atoms with Gasteiger partial charge in [0.05, 0.1) is 0 Å². The van der Waals surface area contributed by atoms with Crippen LogP contribution in [0.25, 0.3) is 0 Å². The van der Waals surface area contributed by atoms with Gasteiger partial charge >= 0.3 is 6.03 Å². The second kappa shape index (κ2) is 5.95. The SMILES string of the molecule is Cc1cc(NC(=O)N2CCc3ccccc3CC2)ccn1. The van der Waals surface area contributed by atoms with Gasteiger partial charge in [-0.3, -0.25) is 4.98 Å². The van der Waals surface area contributed by atoms with E-state index in [4.69, 9.17) is 0 Å². The third-order valence-electron chi connectivity index (χ3n) is 3.86. The molecule has 1 aromatic carbocycles. The predicted molar refractivity (Wildman–Crippen MR) is 83.4 cm³/mol. The molecule has 4 heteroatoms. The number of rotatable bonds is 1. The van der Waals surface area contributed by atoms with E-state index >= 15 is 0 Å². The van der Waals surface area contributed by atoms with E-state index in [9.17, 15) is 4.79 Å². The molecular formula is C17H19N3O. The molecule has 0 saturated carbocycles. The number of urea groups is 1. The number of carbonyl (C=O) groups excluding carboxylic acids is 1. The van der Waals surface area contributed by atoms with Crippen LogP contribution in [-0.2, 0) is 12.8 Å². The molecule has 2 heterocycles. The smallest absolute Gasteiger partial charge is 0.321 e. The Morgan fingerprint density at radius 2 is 1.81 bits per heavy atom. The highest BCUT2D eigenvalue weighted by Gasteiger charge is 2.18. The number of fused-ring (bicyclic) bond motifs is 1. The Kier molecular flexibility index (Phi) is 3.86. The first kappa shape index (κ1) is 13.6. The molecule has 2 aromatic rings. The maximum absolute atomic E-state index is 12.4. The molecule has 0 bridgehead atoms. The van der Waals surface area contributed by atoms with Gasteiger partial charge in [0.2, 0.25) is 0 Å². The van der Waals surface area contributed by atoms with Crippen molar-refractivity contribution in [3.63, 3.8) is 0 Å². The molecule has 0 saturated heterocycles. The summed E-state index contributed by atoms with van der Waals surface area (Å²) in [6.07, 6.45) is 3.54. The molecule has 1 aliphatic rings. The Morgan fingerprint density at radius 3 is 2.43 bits per heavy atom. The fourth-order valence-corrected chi connectivity index (χ4v) is 2.70. The van der Waals surface area contributed by atoms with E-state index in [0.29, 0.717) is 0 Å². The number of nitrogens with one attached hydrogen (secondary N) is 1. The van der Waals surface area contributed by atoms with Crippen LogP contribution in [0.5, 0.6) is 0 Å². The van der Waals surface area contributed by atoms with Crippen LogP contribution >= 0.6 is 0 Å². The molecule has 1 N–H and O–H groups in total. The Bertz CT molecular complexity index is 627. The van der Waals surface area contributed by atoms with E-state index < -0.39 is 0 Å². The molecule has 1 aliphatic heterocycles. The number of aryl methyl sites for hydroxylation is 1. The van der Waals surface area contributed by atoms with Crippen LogP contribution in [0, 0.1) is 6.92 Å². The maximum Gasteiger partial charge on any atom is 0.321 e. The van der Waals surface area contributed by atoms with Crippen molar-refractivity contribution in [3.8, 4) is 0 Å². The molecular weight excluding hydrogens is 262 g/mol. The lowest BCUT2D eigenvalue weighted by Crippen LogP contribution is -2.36. The molecule has 0 atom stereocenters. The normalized spacial score (nSPS) is 14.2. The van der Waals surface area contributed by atoms with Gasteiger partial charge in [0, 0.05) is 30.7 Å². The fraction of sp³-hybridized carbons (Fsp3) is 0.294. The Balaban J connectivity index is 1.67. The topological polar surface area (TPSA) is 45.2 Å². The number of hydrogen-bond acceptors (Lipinski definition) is 2. The minimum atomic E-state index is -0.0339. The summed E-state index contributed by atoms with van der Waals surface area (Å²) in [6.45, 7) is 3.43. The van der Waals surface area contributed by atoms with Crippen LogP contribution in [0.1, 0.15) is 16.8 Å². The average molecular weight is 281 g/mol. The zero-order valence-corrected chi connectivity index (χ0v) is 12.2. The quantitative estimate of drug-likeness (QED) is 0.873. The molecule has 0 fully saturated rings. The monoisotopic (exact) mass is 281 g/mol. The minimum Gasteiger partial charge on any atom is -0.324 e. The van der Waals surface area contributed by atoms with Gasteiger partial charge in [-0.25, -0.2) is 4.79 Å². The van der Waals surface area contributed by atoms with E-state index in [1.54, 1.807) is 6.20 Å². The van der Waals surface area contributed by atoms with Gasteiger partial charge < -0.3 is 10.2 Å². The van der Waals surface area contributed by atoms with Crippen molar-refractivity contribution in [3.05, 3.63) is 59.4 Å². The summed E-state index contributed by atoms with van der Waals surface area (Å²) in [5.41, 5.74) is 4.41. The number of benzene rings is 1. The molecule has 1 aromatic heterocycles. The second-order valence-electron chi connectivity index (χ2n) is 5.37. The molecule has 0 spiro atoms. The zero-order chi connectivity index (χ0) is 14.7. The molecule has 3 rings (SSSR count). The summed E-state index contributed by atoms with van der Waals surface area (Å²) in [6, 6.07) is 12.1. The fourth-order valence-electron chi connectivity index (χ4n) is 2.70. The van der Waals surface area contributed by atoms with Gasteiger partial charge in [-0.2, -0.15) is 0 Å². The number of amides is 2. The summed E-state index contributed by atoms with van der Waals surface area (Å²) in [5, 5.41) is 2.95. The highest BCUT2D eigenvalue weighted by molar-refractivity contribution is 5.89. The number of carbonyl (C=O) groups is 1. The lowest BCUT2D eigenvalue weighted by molar-refractivity contribution is 0.214. The Morgan fingerprint density at radius 1 is 1.14 bits per heavy atom. The highest BCUT2D eigenvalue weighted by Crippen LogP contribution is 2.16. The van der Waals surface area contributed by atoms with Crippen molar-refractivity contribution < 1.29 is 4.79 Å². The number of aromatic nitrogens is 1. The minimum absolute atomic E-state index is 0.0339. The van der Waals surface area contributed by atoms with E-state index in [1.165, 1.54) is 11.1 Å². The van der Waals surface area contributed by atoms with Crippen LogP contribution < -0.4 is 5.32 Å². The second-order valence-corrected chi connectivity index (χ2v) is 5.37. The molecule has 4 nitrogen and oxygen atoms in total. The third-order valence-corrected chi connectivity index (χ3v) is 3.86. The van der Waals surface area contributed by atoms with Gasteiger partial charge in [-0.05, 0) is 43.0 Å². The number of hydrogen-bond donors (Lipinski definition) is 1. The van der Waals surface area contributed by atoms with Crippen molar-refractivity contribution >= 4 is 11.7 Å². The van der Waals surface area contributed by atoms with Crippen LogP contribution in [0.3, 0.4) is 0 Å². The number of pyridine rings is 1. The molecule has 0 aliphatic carbocycles. The first-order valence-electron chi connectivity index (χ1n) is 7.28. The standard InChI is InChI=1S/C17H19N3O/c1-13-12-16(6-9-18-13)19-17(21)20-10-7-14-4-2-3-5-15(14)8-11-20/h2-6,9,12H,7-8,10-11H2,1H3,(H,18,19,21). The van der Waals surface area contributed by atoms with Gasteiger partial charge in [0.25, 0.3) is 0 Å². The van der Waals surface area contributed by atoms with Crippen LogP contribution in [-0.4, -0.2) is 29.0 Å². The van der Waals surface area contributed by atoms with Crippen LogP contribution in [0.2, 0.25) is 0 Å². The van der Waals surface area contributed by atoms with Crippen LogP contribution in [0.15, 0.2) is 42.6 Å². The van der Waals surface area contributed by atoms with Crippen molar-refractivity contribution in [2.45, 2.75) is 19.8 Å². The van der Waals surface area contributed by atoms with Gasteiger partial charge in [-0.1, -0.05) is 24.3 Å². The third kappa shape index (κ3) is 3.21. The summed E-state index contributed by atoms with van der Waals surface area (Å²) in [7, 11) is 0. The van der Waals surface area contributed by atoms with E-state index in [2.05, 4.69) is 34.6 Å². The average Bonchev–Trinajstić information content (AvgIpc) is 2.70. The van der Waals surface area contributed by atoms with Crippen molar-refractivity contribution in [1.29, 1.82) is 0 Å². The molecule has 2 amide bonds. The Hall–Kier alpha value is -2.36. The van der Waals surface area contributed by atoms with Gasteiger partial charge in [-0.15, -0.1) is 0 Å². The molecule has 108 valence electrons. The molecule has 0 unspecified atom stereocenters. The molecule has 0 radical (unpaired) electrons. The number of nitrogens with zero attached hydrogens (tertiary/aromatic N) is 2. The lowest BCUT2D eigenvalue weighted by Gasteiger charge is -2.20. The maximum atomic E-state index is 12.4. The number of anilines is 1. The lowest BCUT2D eigenvalue weighted by atomic mass is 10.0. The van der Waals surface area contributed by atoms with E-state index in [0.717, 1.165) is 37.3 Å². The van der Waals surface area contributed by atoms with Crippen molar-refractivity contribution in [2.75, 3.05) is 18.4 Å². The van der Waals surface area contributed by atoms with Crippen LogP contribution in [0.4, 0.5) is 10.5 Å². The van der Waals surface area contributed by atoms with Gasteiger partial charge in [0.1, 0.15) is 0 Å². The zero-order valence-electron chi connectivity index (χ0n) is 12.2. The van der Waals surface area contributed by atoms with E-state index in [-0.39, 0.29) is 6.03 Å². The largest absolute Gasteiger partial charge is 0.324 e. The summed E-state index contributed by atoms with van der Waals surface area (Å²) in [4.78, 5) is 18.4. The summed E-state index contributed by atoms with van der Waals surface area (Å²) < 4.78 is 0. The highest BCUT2D eigenvalue weighted by atomic mass is 16.2. The first-order valence-corrected chi connectivity index (χ1v) is 7.28. The summed E-state index contributed by atoms with van der Waals surface area (Å²) in [5.74, 6) is 0. The van der Waals surface area contributed by atoms with Crippen molar-refractivity contribution in [1.82, 2.24) is 9.88 Å². The summed E-state index contributed by atoms with van der Waals surface area (Å²) >= 11 is 0.